The van der Waals surface area contributed by atoms with Gasteiger partial charge in [0.25, 0.3) is 5.69 Å². The molecule has 1 rings (SSSR count). The molecule has 0 amide bonds. The molecule has 0 aliphatic carbocycles. The van der Waals surface area contributed by atoms with Gasteiger partial charge in [0.15, 0.2) is 0 Å². The second kappa shape index (κ2) is 7.45. The number of nitro benzene ring substituents is 1. The van der Waals surface area contributed by atoms with Crippen LogP contribution in [-0.2, 0) is 0 Å². The first-order valence-electron chi connectivity index (χ1n) is 2.70. The van der Waals surface area contributed by atoms with Crippen LogP contribution in [0.5, 0.6) is 0 Å². The van der Waals surface area contributed by atoms with Crippen molar-refractivity contribution in [2.75, 3.05) is 0 Å². The average Bonchev–Trinajstić information content (AvgIpc) is 1.88. The summed E-state index contributed by atoms with van der Waals surface area (Å²) < 4.78 is 0. The first-order valence-corrected chi connectivity index (χ1v) is 3.28. The van der Waals surface area contributed by atoms with Gasteiger partial charge in [-0.25, -0.2) is 0 Å². The van der Waals surface area contributed by atoms with Gasteiger partial charge in [0.1, 0.15) is 0 Å². The molecule has 2 radical (unpaired) electrons. The molecule has 1 aromatic carbocycles. The summed E-state index contributed by atoms with van der Waals surface area (Å²) >= 11 is 0. The van der Waals surface area contributed by atoms with Crippen molar-refractivity contribution in [3.63, 3.8) is 0 Å². The maximum atomic E-state index is 10.1. The summed E-state index contributed by atoms with van der Waals surface area (Å²) in [5.74, 6) is 0. The first kappa shape index (κ1) is 15.5. The van der Waals surface area contributed by atoms with Crippen LogP contribution in [0.3, 0.4) is 0 Å². The van der Waals surface area contributed by atoms with E-state index in [0.29, 0.717) is 0 Å². The molecule has 54 valence electrons. The monoisotopic (exact) mass is 201 g/mol. The number of hydrogen-bond donors (Lipinski definition) is 0. The minimum absolute atomic E-state index is 0. The molecule has 1 unspecified atom stereocenters. The number of nitrogens with zero attached hydrogens (tertiary/aromatic N) is 1. The minimum Gasteiger partial charge on any atom is -0.258 e. The maximum absolute atomic E-state index is 10.1. The zero-order valence-corrected chi connectivity index (χ0v) is 12.3. The van der Waals surface area contributed by atoms with Gasteiger partial charge in [0.05, 0.1) is 4.92 Å². The topological polar surface area (TPSA) is 43.1 Å². The number of rotatable bonds is 1. The Morgan fingerprint density at radius 2 is 1.58 bits per heavy atom. The fraction of sp³-hybridized carbons (Fsp3) is 0. The van der Waals surface area contributed by atoms with Crippen LogP contribution in [0, 0.1) is 10.1 Å². The zero-order valence-electron chi connectivity index (χ0n) is 7.15. The molecule has 0 aliphatic heterocycles. The molecule has 12 heavy (non-hydrogen) atoms. The molecule has 1 aromatic rings. The fourth-order valence-corrected chi connectivity index (χ4v) is 0.788. The van der Waals surface area contributed by atoms with Crippen LogP contribution in [-0.4, -0.2) is 64.0 Å². The Labute approximate surface area is 117 Å². The summed E-state index contributed by atoms with van der Waals surface area (Å²) in [7, 11) is 2.46. The van der Waals surface area contributed by atoms with E-state index >= 15 is 0 Å². The van der Waals surface area contributed by atoms with Crippen molar-refractivity contribution in [2.45, 2.75) is 0 Å². The molecule has 0 saturated heterocycles. The summed E-state index contributed by atoms with van der Waals surface area (Å²) in [6.45, 7) is 0. The molecule has 0 aromatic heterocycles. The Balaban J connectivity index is 0. The van der Waals surface area contributed by atoms with E-state index in [1.165, 1.54) is 12.1 Å². The molecular weight excluding hydrogens is 195 g/mol. The third-order valence-electron chi connectivity index (χ3n) is 1.10. The number of hydrogen-bond acceptors (Lipinski definition) is 2. The van der Waals surface area contributed by atoms with Crippen LogP contribution in [0.1, 0.15) is 0 Å². The number of non-ortho nitro benzene ring substituents is 1. The predicted octanol–water partition coefficient (Wildman–Crippen LogP) is 0.334. The molecule has 0 aliphatic rings. The van der Waals surface area contributed by atoms with E-state index in [4.69, 9.17) is 0 Å². The van der Waals surface area contributed by atoms with Crippen molar-refractivity contribution in [1.29, 1.82) is 0 Å². The maximum Gasteiger partial charge on any atom is 0.269 e. The van der Waals surface area contributed by atoms with Crippen molar-refractivity contribution in [3.8, 4) is 0 Å². The van der Waals surface area contributed by atoms with Crippen LogP contribution in [0.2, 0.25) is 0 Å². The Morgan fingerprint density at radius 1 is 1.17 bits per heavy atom. The minimum atomic E-state index is -0.413. The van der Waals surface area contributed by atoms with Crippen LogP contribution >= 0.6 is 9.24 Å². The van der Waals surface area contributed by atoms with Gasteiger partial charge in [-0.3, -0.25) is 10.1 Å². The van der Waals surface area contributed by atoms with Crippen LogP contribution < -0.4 is 5.30 Å². The predicted molar refractivity (Wildman–Crippen MR) is 53.9 cm³/mol. The SMILES string of the molecule is O=[N+]([O-])c1ccc(P)cc1.[Na].[Na]. The third kappa shape index (κ3) is 4.93. The van der Waals surface area contributed by atoms with Crippen LogP contribution in [0.15, 0.2) is 24.3 Å². The van der Waals surface area contributed by atoms with Gasteiger partial charge in [-0.1, -0.05) is 0 Å². The third-order valence-corrected chi connectivity index (χ3v) is 1.49. The standard InChI is InChI=1S/C6H6NO2P.2Na/c8-7(9)5-1-3-6(10)4-2-5;;/h1-4H,10H2;;. The number of benzene rings is 1. The molecular formula is C6H6NNa2O2P. The normalized spacial score (nSPS) is 7.75. The quantitative estimate of drug-likeness (QED) is 0.284. The zero-order chi connectivity index (χ0) is 7.56. The van der Waals surface area contributed by atoms with Gasteiger partial charge >= 0.3 is 0 Å². The molecule has 0 saturated carbocycles. The molecule has 6 heteroatoms. The van der Waals surface area contributed by atoms with Gasteiger partial charge in [0, 0.05) is 71.2 Å². The Morgan fingerprint density at radius 3 is 1.92 bits per heavy atom. The van der Waals surface area contributed by atoms with E-state index in [0.717, 1.165) is 5.30 Å². The van der Waals surface area contributed by atoms with E-state index in [2.05, 4.69) is 9.24 Å². The second-order valence-electron chi connectivity index (χ2n) is 1.85. The van der Waals surface area contributed by atoms with E-state index in [1.807, 2.05) is 0 Å². The van der Waals surface area contributed by atoms with E-state index in [-0.39, 0.29) is 64.8 Å². The van der Waals surface area contributed by atoms with Crippen molar-refractivity contribution in [1.82, 2.24) is 0 Å². The van der Waals surface area contributed by atoms with Crippen LogP contribution in [0.25, 0.3) is 0 Å². The molecule has 3 nitrogen and oxygen atoms in total. The Hall–Kier alpha value is 1.05. The van der Waals surface area contributed by atoms with Crippen molar-refractivity contribution in [3.05, 3.63) is 34.4 Å². The average molecular weight is 201 g/mol. The Bertz CT molecular complexity index is 252. The number of nitro groups is 1. The van der Waals surface area contributed by atoms with Gasteiger partial charge in [-0.15, -0.1) is 9.24 Å². The van der Waals surface area contributed by atoms with Gasteiger partial charge in [-0.05, 0) is 17.4 Å². The van der Waals surface area contributed by atoms with Gasteiger partial charge in [0.2, 0.25) is 0 Å². The molecule has 1 atom stereocenters. The van der Waals surface area contributed by atoms with E-state index in [9.17, 15) is 10.1 Å². The van der Waals surface area contributed by atoms with Crippen molar-refractivity contribution in [2.24, 2.45) is 0 Å². The van der Waals surface area contributed by atoms with Gasteiger partial charge < -0.3 is 0 Å². The fourth-order valence-electron chi connectivity index (χ4n) is 0.596. The molecule has 0 bridgehead atoms. The van der Waals surface area contributed by atoms with Gasteiger partial charge in [-0.2, -0.15) is 0 Å². The summed E-state index contributed by atoms with van der Waals surface area (Å²) in [4.78, 5) is 9.70. The summed E-state index contributed by atoms with van der Waals surface area (Å²) in [5.41, 5.74) is 0.131. The van der Waals surface area contributed by atoms with Crippen molar-refractivity contribution >= 4 is 79.3 Å². The van der Waals surface area contributed by atoms with Crippen LogP contribution in [0.4, 0.5) is 5.69 Å². The smallest absolute Gasteiger partial charge is 0.258 e. The molecule has 0 fully saturated rings. The van der Waals surface area contributed by atoms with E-state index in [1.54, 1.807) is 12.1 Å². The summed E-state index contributed by atoms with van der Waals surface area (Å²) in [6.07, 6.45) is 0. The van der Waals surface area contributed by atoms with E-state index < -0.39 is 4.92 Å². The summed E-state index contributed by atoms with van der Waals surface area (Å²) in [5, 5.41) is 11.1. The van der Waals surface area contributed by atoms with Crippen molar-refractivity contribution < 1.29 is 4.92 Å². The first-order chi connectivity index (χ1) is 4.70. The summed E-state index contributed by atoms with van der Waals surface area (Å²) in [6, 6.07) is 6.32. The Kier molecular flexibility index (Phi) is 9.64. The molecule has 0 heterocycles. The second-order valence-corrected chi connectivity index (χ2v) is 2.52. The largest absolute Gasteiger partial charge is 0.269 e. The molecule has 0 spiro atoms. The molecule has 0 N–H and O–H groups in total.